The third-order valence-corrected chi connectivity index (χ3v) is 13.3. The van der Waals surface area contributed by atoms with Crippen molar-refractivity contribution in [3.05, 3.63) is 246 Å². The van der Waals surface area contributed by atoms with E-state index in [1.807, 2.05) is 6.07 Å². The molecule has 60 heavy (non-hydrogen) atoms. The van der Waals surface area contributed by atoms with E-state index in [1.165, 1.54) is 66.8 Å². The highest BCUT2D eigenvalue weighted by molar-refractivity contribution is 6.06. The van der Waals surface area contributed by atoms with Crippen molar-refractivity contribution >= 4 is 39.0 Å². The van der Waals surface area contributed by atoms with Crippen LogP contribution >= 0.6 is 0 Å². The second-order valence-electron chi connectivity index (χ2n) is 16.8. The van der Waals surface area contributed by atoms with Crippen LogP contribution < -0.4 is 4.90 Å². The fourth-order valence-corrected chi connectivity index (χ4v) is 10.8. The largest absolute Gasteiger partial charge is 0.456 e. The van der Waals surface area contributed by atoms with Crippen LogP contribution in [-0.2, 0) is 10.8 Å². The maximum absolute atomic E-state index is 6.52. The van der Waals surface area contributed by atoms with Crippen LogP contribution in [0.25, 0.3) is 55.3 Å². The molecule has 0 amide bonds. The van der Waals surface area contributed by atoms with E-state index in [-0.39, 0.29) is 5.41 Å². The zero-order valence-corrected chi connectivity index (χ0v) is 33.6. The smallest absolute Gasteiger partial charge is 0.137 e. The predicted molar refractivity (Wildman–Crippen MR) is 249 cm³/mol. The number of nitrogens with zero attached hydrogens (tertiary/aromatic N) is 1. The molecule has 0 radical (unpaired) electrons. The van der Waals surface area contributed by atoms with Crippen LogP contribution in [0.3, 0.4) is 0 Å². The summed E-state index contributed by atoms with van der Waals surface area (Å²) in [5.41, 5.74) is 19.9. The van der Waals surface area contributed by atoms with Crippen molar-refractivity contribution in [3.63, 3.8) is 0 Å². The molecular weight excluding hydrogens is 727 g/mol. The van der Waals surface area contributed by atoms with Crippen LogP contribution in [-0.4, -0.2) is 0 Å². The number of hydrogen-bond acceptors (Lipinski definition) is 2. The number of anilines is 3. The highest BCUT2D eigenvalue weighted by Crippen LogP contribution is 2.58. The fourth-order valence-electron chi connectivity index (χ4n) is 10.8. The van der Waals surface area contributed by atoms with Crippen molar-refractivity contribution < 1.29 is 4.42 Å². The van der Waals surface area contributed by atoms with Gasteiger partial charge in [-0.25, -0.2) is 0 Å². The summed E-state index contributed by atoms with van der Waals surface area (Å²) >= 11 is 0. The molecular formula is C58H41NO. The zero-order valence-electron chi connectivity index (χ0n) is 33.6. The van der Waals surface area contributed by atoms with E-state index >= 15 is 0 Å². The van der Waals surface area contributed by atoms with Crippen LogP contribution in [0.4, 0.5) is 17.1 Å². The Labute approximate surface area is 350 Å². The molecule has 12 rings (SSSR count). The van der Waals surface area contributed by atoms with Gasteiger partial charge in [0.2, 0.25) is 0 Å². The lowest BCUT2D eigenvalue weighted by atomic mass is 9.67. The van der Waals surface area contributed by atoms with E-state index in [2.05, 4.69) is 225 Å². The molecule has 10 aromatic rings. The van der Waals surface area contributed by atoms with Crippen molar-refractivity contribution in [2.75, 3.05) is 4.90 Å². The second-order valence-corrected chi connectivity index (χ2v) is 16.8. The number of para-hydroxylation sites is 1. The molecule has 2 aliphatic carbocycles. The molecule has 2 nitrogen and oxygen atoms in total. The van der Waals surface area contributed by atoms with E-state index < -0.39 is 5.41 Å². The first-order chi connectivity index (χ1) is 29.5. The number of benzene rings is 9. The highest BCUT2D eigenvalue weighted by atomic mass is 16.3. The SMILES string of the molecule is CC1(C)c2ccccc2-c2cccc(-c3ccc(N(c4ccc5c(c4)C(c4ccccc4)(c4ccccc4)c4ccccc4-5)c4ccc5c(c4)oc4ccccc45)cc3)c21. The quantitative estimate of drug-likeness (QED) is 0.168. The minimum atomic E-state index is -0.513. The van der Waals surface area contributed by atoms with Gasteiger partial charge in [0.25, 0.3) is 0 Å². The van der Waals surface area contributed by atoms with Crippen molar-refractivity contribution in [1.82, 2.24) is 0 Å². The Morgan fingerprint density at radius 2 is 0.900 bits per heavy atom. The van der Waals surface area contributed by atoms with E-state index in [0.717, 1.165) is 39.0 Å². The van der Waals surface area contributed by atoms with Gasteiger partial charge in [-0.1, -0.05) is 178 Å². The molecule has 0 N–H and O–H groups in total. The molecule has 0 saturated carbocycles. The Morgan fingerprint density at radius 3 is 1.65 bits per heavy atom. The van der Waals surface area contributed by atoms with E-state index in [9.17, 15) is 0 Å². The van der Waals surface area contributed by atoms with Crippen LogP contribution in [0, 0.1) is 0 Å². The summed E-state index contributed by atoms with van der Waals surface area (Å²) in [5.74, 6) is 0. The Morgan fingerprint density at radius 1 is 0.367 bits per heavy atom. The predicted octanol–water partition coefficient (Wildman–Crippen LogP) is 15.4. The Balaban J connectivity index is 1.07. The maximum atomic E-state index is 6.52. The van der Waals surface area contributed by atoms with Crippen molar-refractivity contribution in [2.24, 2.45) is 0 Å². The van der Waals surface area contributed by atoms with Crippen molar-refractivity contribution in [3.8, 4) is 33.4 Å². The maximum Gasteiger partial charge on any atom is 0.137 e. The summed E-state index contributed by atoms with van der Waals surface area (Å²) in [5, 5.41) is 2.24. The second kappa shape index (κ2) is 13.0. The molecule has 1 heterocycles. The summed E-state index contributed by atoms with van der Waals surface area (Å²) < 4.78 is 6.52. The van der Waals surface area contributed by atoms with Crippen LogP contribution in [0.15, 0.2) is 217 Å². The Bertz CT molecular complexity index is 3240. The van der Waals surface area contributed by atoms with E-state index in [0.29, 0.717) is 0 Å². The molecule has 2 aliphatic rings. The third-order valence-electron chi connectivity index (χ3n) is 13.3. The molecule has 0 spiro atoms. The summed E-state index contributed by atoms with van der Waals surface area (Å²) in [7, 11) is 0. The van der Waals surface area contributed by atoms with Gasteiger partial charge in [0.15, 0.2) is 0 Å². The first kappa shape index (κ1) is 34.6. The first-order valence-corrected chi connectivity index (χ1v) is 20.9. The van der Waals surface area contributed by atoms with Crippen molar-refractivity contribution in [1.29, 1.82) is 0 Å². The number of hydrogen-bond donors (Lipinski definition) is 0. The normalized spacial score (nSPS) is 14.1. The molecule has 284 valence electrons. The van der Waals surface area contributed by atoms with Gasteiger partial charge in [-0.15, -0.1) is 0 Å². The van der Waals surface area contributed by atoms with Crippen molar-refractivity contribution in [2.45, 2.75) is 24.7 Å². The van der Waals surface area contributed by atoms with Gasteiger partial charge in [-0.3, -0.25) is 0 Å². The van der Waals surface area contributed by atoms with Gasteiger partial charge < -0.3 is 9.32 Å². The summed E-state index contributed by atoms with van der Waals surface area (Å²) in [6.07, 6.45) is 0. The monoisotopic (exact) mass is 767 g/mol. The van der Waals surface area contributed by atoms with Gasteiger partial charge >= 0.3 is 0 Å². The molecule has 0 atom stereocenters. The zero-order chi connectivity index (χ0) is 40.0. The minimum Gasteiger partial charge on any atom is -0.456 e. The lowest BCUT2D eigenvalue weighted by Gasteiger charge is -2.35. The number of rotatable bonds is 6. The van der Waals surface area contributed by atoms with Crippen LogP contribution in [0.5, 0.6) is 0 Å². The van der Waals surface area contributed by atoms with Crippen LogP contribution in [0.1, 0.15) is 47.2 Å². The fraction of sp³-hybridized carbons (Fsp3) is 0.0690. The van der Waals surface area contributed by atoms with Gasteiger partial charge in [0.1, 0.15) is 11.2 Å². The highest BCUT2D eigenvalue weighted by Gasteiger charge is 2.46. The molecule has 0 fully saturated rings. The molecule has 9 aromatic carbocycles. The van der Waals surface area contributed by atoms with Gasteiger partial charge in [-0.2, -0.15) is 0 Å². The van der Waals surface area contributed by atoms with Gasteiger partial charge in [0, 0.05) is 39.3 Å². The average molecular weight is 768 g/mol. The average Bonchev–Trinajstić information content (AvgIpc) is 3.91. The number of furan rings is 1. The minimum absolute atomic E-state index is 0.110. The molecule has 2 heteroatoms. The topological polar surface area (TPSA) is 16.4 Å². The van der Waals surface area contributed by atoms with Gasteiger partial charge in [0.05, 0.1) is 5.41 Å². The summed E-state index contributed by atoms with van der Waals surface area (Å²) in [6, 6.07) is 77.9. The van der Waals surface area contributed by atoms with Crippen LogP contribution in [0.2, 0.25) is 0 Å². The van der Waals surface area contributed by atoms with E-state index in [4.69, 9.17) is 4.42 Å². The van der Waals surface area contributed by atoms with E-state index in [1.54, 1.807) is 0 Å². The lowest BCUT2D eigenvalue weighted by Crippen LogP contribution is -2.28. The summed E-state index contributed by atoms with van der Waals surface area (Å²) in [4.78, 5) is 2.40. The number of fused-ring (bicyclic) bond motifs is 9. The summed E-state index contributed by atoms with van der Waals surface area (Å²) in [6.45, 7) is 4.73. The molecule has 0 unspecified atom stereocenters. The van der Waals surface area contributed by atoms with Gasteiger partial charge in [-0.05, 0) is 109 Å². The molecule has 1 aromatic heterocycles. The standard InChI is InChI=1S/C58H41NO/c1-57(2)51-25-12-9-21-46(51)50-24-15-23-44(56(50)57)38-28-30-41(31-29-38)59(43-33-35-49-48-22-11-14-27-54(48)60-55(49)37-43)42-32-34-47-45-20-10-13-26-52(45)58(53(47)36-42,39-16-5-3-6-17-39)40-18-7-4-8-19-40/h3-37H,1-2H3. The third kappa shape index (κ3) is 4.88. The first-order valence-electron chi connectivity index (χ1n) is 20.9. The molecule has 0 bridgehead atoms. The lowest BCUT2D eigenvalue weighted by molar-refractivity contribution is 0.662. The molecule has 0 aliphatic heterocycles. The molecule has 0 saturated heterocycles. The Hall–Kier alpha value is -7.42. The Kier molecular flexibility index (Phi) is 7.52.